The van der Waals surface area contributed by atoms with Crippen LogP contribution in [0.3, 0.4) is 0 Å². The minimum atomic E-state index is -0.711. The van der Waals surface area contributed by atoms with E-state index in [0.717, 1.165) is 43.2 Å². The van der Waals surface area contributed by atoms with Crippen LogP contribution in [0.4, 0.5) is 0 Å². The molecule has 130 valence electrons. The Morgan fingerprint density at radius 3 is 2.80 bits per heavy atom. The van der Waals surface area contributed by atoms with E-state index in [-0.39, 0.29) is 11.7 Å². The maximum absolute atomic E-state index is 12.2. The Hall–Kier alpha value is -2.33. The third-order valence-corrected chi connectivity index (χ3v) is 5.23. The smallest absolute Gasteiger partial charge is 0.277 e. The number of nitriles is 1. The van der Waals surface area contributed by atoms with Gasteiger partial charge >= 0.3 is 0 Å². The second kappa shape index (κ2) is 7.70. The Labute approximate surface area is 151 Å². The van der Waals surface area contributed by atoms with E-state index in [1.807, 2.05) is 31.2 Å². The van der Waals surface area contributed by atoms with Crippen LogP contribution in [0.2, 0.25) is 0 Å². The SMILES string of the molecule is Cc1ccccc1-c1nnc(SCC(=O)NC2(C#N)CCCCC2)o1. The van der Waals surface area contributed by atoms with Crippen molar-refractivity contribution in [3.05, 3.63) is 29.8 Å². The van der Waals surface area contributed by atoms with E-state index < -0.39 is 5.54 Å². The first-order chi connectivity index (χ1) is 12.1. The fourth-order valence-electron chi connectivity index (χ4n) is 3.04. The number of rotatable bonds is 5. The summed E-state index contributed by atoms with van der Waals surface area (Å²) in [5.41, 5.74) is 1.22. The predicted octanol–water partition coefficient (Wildman–Crippen LogP) is 3.48. The lowest BCUT2D eigenvalue weighted by molar-refractivity contribution is -0.120. The van der Waals surface area contributed by atoms with Crippen molar-refractivity contribution in [2.24, 2.45) is 0 Å². The molecule has 1 fully saturated rings. The van der Waals surface area contributed by atoms with Crippen LogP contribution in [-0.2, 0) is 4.79 Å². The first-order valence-electron chi connectivity index (χ1n) is 8.36. The highest BCUT2D eigenvalue weighted by Gasteiger charge is 2.33. The molecule has 2 aromatic rings. The van der Waals surface area contributed by atoms with Gasteiger partial charge < -0.3 is 9.73 Å². The van der Waals surface area contributed by atoms with Crippen LogP contribution in [0.25, 0.3) is 11.5 Å². The molecule has 0 unspecified atom stereocenters. The average Bonchev–Trinajstić information content (AvgIpc) is 3.10. The lowest BCUT2D eigenvalue weighted by Crippen LogP contribution is -2.49. The van der Waals surface area contributed by atoms with E-state index in [4.69, 9.17) is 4.42 Å². The molecular weight excluding hydrogens is 336 g/mol. The van der Waals surface area contributed by atoms with Gasteiger partial charge in [-0.25, -0.2) is 0 Å². The number of thioether (sulfide) groups is 1. The second-order valence-corrected chi connectivity index (χ2v) is 7.21. The van der Waals surface area contributed by atoms with E-state index in [1.54, 1.807) is 0 Å². The number of hydrogen-bond donors (Lipinski definition) is 1. The topological polar surface area (TPSA) is 91.8 Å². The van der Waals surface area contributed by atoms with Gasteiger partial charge in [-0.2, -0.15) is 5.26 Å². The van der Waals surface area contributed by atoms with Gasteiger partial charge in [0.25, 0.3) is 5.22 Å². The molecule has 0 atom stereocenters. The van der Waals surface area contributed by atoms with E-state index in [2.05, 4.69) is 21.6 Å². The predicted molar refractivity (Wildman–Crippen MR) is 94.8 cm³/mol. The zero-order chi connectivity index (χ0) is 17.7. The highest BCUT2D eigenvalue weighted by Crippen LogP contribution is 2.28. The largest absolute Gasteiger partial charge is 0.411 e. The lowest BCUT2D eigenvalue weighted by atomic mass is 9.83. The number of nitrogens with one attached hydrogen (secondary N) is 1. The third-order valence-electron chi connectivity index (χ3n) is 4.41. The zero-order valence-electron chi connectivity index (χ0n) is 14.1. The van der Waals surface area contributed by atoms with Crippen LogP contribution in [0, 0.1) is 18.3 Å². The normalized spacial score (nSPS) is 16.2. The van der Waals surface area contributed by atoms with Gasteiger partial charge in [0, 0.05) is 5.56 Å². The Bertz CT molecular complexity index is 790. The number of carbonyl (C=O) groups is 1. The molecular formula is C18H20N4O2S. The van der Waals surface area contributed by atoms with Gasteiger partial charge in [-0.1, -0.05) is 49.2 Å². The Kier molecular flexibility index (Phi) is 5.39. The molecule has 1 saturated carbocycles. The van der Waals surface area contributed by atoms with E-state index >= 15 is 0 Å². The van der Waals surface area contributed by atoms with Crippen molar-refractivity contribution < 1.29 is 9.21 Å². The molecule has 1 N–H and O–H groups in total. The molecule has 0 aliphatic heterocycles. The summed E-state index contributed by atoms with van der Waals surface area (Å²) in [6.07, 6.45) is 4.52. The first kappa shape index (κ1) is 17.5. The number of amides is 1. The summed E-state index contributed by atoms with van der Waals surface area (Å²) in [7, 11) is 0. The number of nitrogens with zero attached hydrogens (tertiary/aromatic N) is 3. The molecule has 25 heavy (non-hydrogen) atoms. The quantitative estimate of drug-likeness (QED) is 0.825. The summed E-state index contributed by atoms with van der Waals surface area (Å²) in [5, 5.41) is 20.7. The average molecular weight is 356 g/mol. The fraction of sp³-hybridized carbons (Fsp3) is 0.444. The maximum Gasteiger partial charge on any atom is 0.277 e. The van der Waals surface area contributed by atoms with Gasteiger partial charge in [0.1, 0.15) is 5.54 Å². The summed E-state index contributed by atoms with van der Waals surface area (Å²) in [6, 6.07) is 10.0. The van der Waals surface area contributed by atoms with Crippen molar-refractivity contribution in [3.63, 3.8) is 0 Å². The zero-order valence-corrected chi connectivity index (χ0v) is 14.9. The summed E-state index contributed by atoms with van der Waals surface area (Å²) in [5.74, 6) is 0.421. The summed E-state index contributed by atoms with van der Waals surface area (Å²) >= 11 is 1.19. The van der Waals surface area contributed by atoms with Crippen LogP contribution in [0.1, 0.15) is 37.7 Å². The summed E-state index contributed by atoms with van der Waals surface area (Å²) in [4.78, 5) is 12.2. The standard InChI is InChI=1S/C18H20N4O2S/c1-13-7-3-4-8-14(13)16-21-22-17(24-16)25-11-15(23)20-18(12-19)9-5-2-6-10-18/h3-4,7-8H,2,5-6,9-11H2,1H3,(H,20,23). The fourth-order valence-corrected chi connectivity index (χ4v) is 3.60. The molecule has 0 spiro atoms. The van der Waals surface area contributed by atoms with E-state index in [9.17, 15) is 10.1 Å². The third kappa shape index (κ3) is 4.20. The highest BCUT2D eigenvalue weighted by atomic mass is 32.2. The van der Waals surface area contributed by atoms with Crippen molar-refractivity contribution in [2.75, 3.05) is 5.75 Å². The maximum atomic E-state index is 12.2. The Balaban J connectivity index is 1.58. The van der Waals surface area contributed by atoms with Gasteiger partial charge in [-0.15, -0.1) is 10.2 Å². The summed E-state index contributed by atoms with van der Waals surface area (Å²) in [6.45, 7) is 1.98. The van der Waals surface area contributed by atoms with E-state index in [1.165, 1.54) is 11.8 Å². The number of aryl methyl sites for hydroxylation is 1. The van der Waals surface area contributed by atoms with Crippen molar-refractivity contribution in [1.82, 2.24) is 15.5 Å². The minimum absolute atomic E-state index is 0.152. The second-order valence-electron chi connectivity index (χ2n) is 6.28. The highest BCUT2D eigenvalue weighted by molar-refractivity contribution is 7.99. The molecule has 1 amide bonds. The molecule has 1 aromatic carbocycles. The van der Waals surface area contributed by atoms with Crippen molar-refractivity contribution in [3.8, 4) is 17.5 Å². The van der Waals surface area contributed by atoms with Gasteiger partial charge in [0.2, 0.25) is 11.8 Å². The van der Waals surface area contributed by atoms with Crippen molar-refractivity contribution >= 4 is 17.7 Å². The molecule has 1 heterocycles. The molecule has 1 aromatic heterocycles. The van der Waals surface area contributed by atoms with Gasteiger partial charge in [-0.05, 0) is 31.4 Å². The van der Waals surface area contributed by atoms with Gasteiger partial charge in [-0.3, -0.25) is 4.79 Å². The van der Waals surface area contributed by atoms with Crippen molar-refractivity contribution in [1.29, 1.82) is 5.26 Å². The number of benzene rings is 1. The van der Waals surface area contributed by atoms with Crippen LogP contribution < -0.4 is 5.32 Å². The van der Waals surface area contributed by atoms with Crippen LogP contribution in [-0.4, -0.2) is 27.4 Å². The Morgan fingerprint density at radius 2 is 2.08 bits per heavy atom. The van der Waals surface area contributed by atoms with Crippen LogP contribution >= 0.6 is 11.8 Å². The minimum Gasteiger partial charge on any atom is -0.411 e. The lowest BCUT2D eigenvalue weighted by Gasteiger charge is -2.31. The molecule has 1 aliphatic rings. The van der Waals surface area contributed by atoms with Crippen LogP contribution in [0.5, 0.6) is 0 Å². The molecule has 0 bridgehead atoms. The van der Waals surface area contributed by atoms with Crippen molar-refractivity contribution in [2.45, 2.75) is 49.8 Å². The molecule has 3 rings (SSSR count). The van der Waals surface area contributed by atoms with Gasteiger partial charge in [0.05, 0.1) is 11.8 Å². The van der Waals surface area contributed by atoms with Crippen LogP contribution in [0.15, 0.2) is 33.9 Å². The molecule has 6 nitrogen and oxygen atoms in total. The Morgan fingerprint density at radius 1 is 1.32 bits per heavy atom. The number of aromatic nitrogens is 2. The first-order valence-corrected chi connectivity index (χ1v) is 9.35. The van der Waals surface area contributed by atoms with E-state index in [0.29, 0.717) is 11.1 Å². The monoisotopic (exact) mass is 356 g/mol. The number of carbonyl (C=O) groups excluding carboxylic acids is 1. The molecule has 0 radical (unpaired) electrons. The number of hydrogen-bond acceptors (Lipinski definition) is 6. The molecule has 7 heteroatoms. The molecule has 1 aliphatic carbocycles. The molecule has 0 saturated heterocycles. The summed E-state index contributed by atoms with van der Waals surface area (Å²) < 4.78 is 5.64. The van der Waals surface area contributed by atoms with Gasteiger partial charge in [0.15, 0.2) is 0 Å².